The molecule has 0 amide bonds. The molecule has 0 saturated heterocycles. The molecule has 5 heteroatoms. The van der Waals surface area contributed by atoms with Gasteiger partial charge in [0.15, 0.2) is 0 Å². The highest BCUT2D eigenvalue weighted by atomic mass is 32.2. The largest absolute Gasteiger partial charge is 0.466 e. The molecule has 0 radical (unpaired) electrons. The van der Waals surface area contributed by atoms with Crippen LogP contribution in [0.4, 0.5) is 5.69 Å². The summed E-state index contributed by atoms with van der Waals surface area (Å²) in [6, 6.07) is 5.75. The van der Waals surface area contributed by atoms with Crippen LogP contribution >= 0.6 is 11.8 Å². The molecule has 3 N–H and O–H groups in total. The number of esters is 1. The number of carbonyl (C=O) groups excluding carboxylic acids is 1. The number of anilines is 1. The first-order chi connectivity index (χ1) is 8.52. The van der Waals surface area contributed by atoms with Crippen LogP contribution in [0.1, 0.15) is 18.9 Å². The molecule has 4 nitrogen and oxygen atoms in total. The quantitative estimate of drug-likeness (QED) is 0.469. The van der Waals surface area contributed by atoms with Crippen LogP contribution in [0.25, 0.3) is 0 Å². The van der Waals surface area contributed by atoms with E-state index in [1.54, 1.807) is 6.92 Å². The van der Waals surface area contributed by atoms with E-state index in [-0.39, 0.29) is 12.4 Å². The maximum absolute atomic E-state index is 11.2. The number of thioether (sulfide) groups is 1. The fourth-order valence-electron chi connectivity index (χ4n) is 1.42. The van der Waals surface area contributed by atoms with E-state index < -0.39 is 6.10 Å². The Morgan fingerprint density at radius 3 is 2.94 bits per heavy atom. The fraction of sp³-hybridized carbons (Fsp3) is 0.462. The van der Waals surface area contributed by atoms with Crippen LogP contribution in [0.2, 0.25) is 0 Å². The van der Waals surface area contributed by atoms with Gasteiger partial charge in [0.25, 0.3) is 0 Å². The molecule has 1 unspecified atom stereocenters. The SMILES string of the molecule is CCOC(=O)CC(O)CSc1cc(C)ccc1N. The van der Waals surface area contributed by atoms with Crippen molar-refractivity contribution in [2.75, 3.05) is 18.1 Å². The number of aliphatic hydroxyl groups is 1. The van der Waals surface area contributed by atoms with Gasteiger partial charge in [0.2, 0.25) is 0 Å². The molecule has 0 saturated carbocycles. The van der Waals surface area contributed by atoms with Gasteiger partial charge >= 0.3 is 5.97 Å². The minimum atomic E-state index is -0.714. The van der Waals surface area contributed by atoms with Crippen molar-refractivity contribution in [3.8, 4) is 0 Å². The molecule has 0 fully saturated rings. The van der Waals surface area contributed by atoms with E-state index in [9.17, 15) is 9.90 Å². The third-order valence-corrected chi connectivity index (χ3v) is 3.52. The zero-order valence-electron chi connectivity index (χ0n) is 10.7. The van der Waals surface area contributed by atoms with Crippen LogP contribution in [0.5, 0.6) is 0 Å². The minimum Gasteiger partial charge on any atom is -0.466 e. The maximum atomic E-state index is 11.2. The molecule has 0 bridgehead atoms. The maximum Gasteiger partial charge on any atom is 0.308 e. The molecule has 0 aromatic heterocycles. The number of nitrogen functional groups attached to an aromatic ring is 1. The molecule has 0 aliphatic rings. The second-order valence-electron chi connectivity index (χ2n) is 4.02. The third-order valence-electron chi connectivity index (χ3n) is 2.31. The van der Waals surface area contributed by atoms with Gasteiger partial charge in [0.1, 0.15) is 0 Å². The first-order valence-electron chi connectivity index (χ1n) is 5.85. The minimum absolute atomic E-state index is 0.0204. The molecule has 1 rings (SSSR count). The van der Waals surface area contributed by atoms with Crippen molar-refractivity contribution >= 4 is 23.4 Å². The van der Waals surface area contributed by atoms with Crippen LogP contribution in [0.3, 0.4) is 0 Å². The second-order valence-corrected chi connectivity index (χ2v) is 5.08. The topological polar surface area (TPSA) is 72.5 Å². The van der Waals surface area contributed by atoms with E-state index >= 15 is 0 Å². The summed E-state index contributed by atoms with van der Waals surface area (Å²) in [6.07, 6.45) is -0.694. The summed E-state index contributed by atoms with van der Waals surface area (Å²) < 4.78 is 4.77. The van der Waals surface area contributed by atoms with Gasteiger partial charge in [-0.25, -0.2) is 0 Å². The lowest BCUT2D eigenvalue weighted by Gasteiger charge is -2.11. The van der Waals surface area contributed by atoms with Gasteiger partial charge < -0.3 is 15.6 Å². The third kappa shape index (κ3) is 4.98. The summed E-state index contributed by atoms with van der Waals surface area (Å²) in [4.78, 5) is 12.1. The Morgan fingerprint density at radius 2 is 2.28 bits per heavy atom. The van der Waals surface area contributed by atoms with Crippen LogP contribution in [0.15, 0.2) is 23.1 Å². The molecule has 0 spiro atoms. The Labute approximate surface area is 112 Å². The molecule has 1 aromatic rings. The number of ether oxygens (including phenoxy) is 1. The van der Waals surface area contributed by atoms with E-state index in [0.717, 1.165) is 10.5 Å². The number of hydrogen-bond donors (Lipinski definition) is 2. The summed E-state index contributed by atoms with van der Waals surface area (Å²) in [6.45, 7) is 4.06. The zero-order chi connectivity index (χ0) is 13.5. The van der Waals surface area contributed by atoms with E-state index in [2.05, 4.69) is 0 Å². The van der Waals surface area contributed by atoms with Crippen LogP contribution in [-0.4, -0.2) is 29.5 Å². The molecule has 100 valence electrons. The summed E-state index contributed by atoms with van der Waals surface area (Å²) in [7, 11) is 0. The molecule has 0 aliphatic heterocycles. The predicted octanol–water partition coefficient (Wildman–Crippen LogP) is 1.98. The van der Waals surface area contributed by atoms with Gasteiger partial charge in [0, 0.05) is 16.3 Å². The standard InChI is InChI=1S/C13H19NO3S/c1-3-17-13(16)7-10(15)8-18-12-6-9(2)4-5-11(12)14/h4-6,10,15H,3,7-8,14H2,1-2H3. The Bertz CT molecular complexity index is 409. The van der Waals surface area contributed by atoms with E-state index in [1.165, 1.54) is 11.8 Å². The summed E-state index contributed by atoms with van der Waals surface area (Å²) in [5.74, 6) is 0.0507. The van der Waals surface area contributed by atoms with Crippen molar-refractivity contribution in [2.24, 2.45) is 0 Å². The highest BCUT2D eigenvalue weighted by molar-refractivity contribution is 7.99. The van der Waals surface area contributed by atoms with Gasteiger partial charge in [-0.05, 0) is 31.5 Å². The van der Waals surface area contributed by atoms with E-state index in [1.807, 2.05) is 25.1 Å². The number of benzene rings is 1. The average Bonchev–Trinajstić information content (AvgIpc) is 2.30. The number of hydrogen-bond acceptors (Lipinski definition) is 5. The molecular weight excluding hydrogens is 250 g/mol. The lowest BCUT2D eigenvalue weighted by atomic mass is 10.2. The lowest BCUT2D eigenvalue weighted by molar-refractivity contribution is -0.144. The van der Waals surface area contributed by atoms with Crippen molar-refractivity contribution in [1.29, 1.82) is 0 Å². The highest BCUT2D eigenvalue weighted by Gasteiger charge is 2.12. The van der Waals surface area contributed by atoms with Gasteiger partial charge in [-0.2, -0.15) is 0 Å². The Hall–Kier alpha value is -1.20. The van der Waals surface area contributed by atoms with Gasteiger partial charge in [-0.3, -0.25) is 4.79 Å². The molecule has 1 aromatic carbocycles. The second kappa shape index (κ2) is 7.28. The van der Waals surface area contributed by atoms with Crippen molar-refractivity contribution < 1.29 is 14.6 Å². The highest BCUT2D eigenvalue weighted by Crippen LogP contribution is 2.26. The van der Waals surface area contributed by atoms with E-state index in [4.69, 9.17) is 10.5 Å². The number of aliphatic hydroxyl groups excluding tert-OH is 1. The van der Waals surface area contributed by atoms with Gasteiger partial charge in [0.05, 0.1) is 19.1 Å². The molecule has 1 atom stereocenters. The van der Waals surface area contributed by atoms with Crippen molar-refractivity contribution in [3.63, 3.8) is 0 Å². The predicted molar refractivity (Wildman–Crippen MR) is 73.6 cm³/mol. The van der Waals surface area contributed by atoms with Crippen molar-refractivity contribution in [2.45, 2.75) is 31.3 Å². The fourth-order valence-corrected chi connectivity index (χ4v) is 2.42. The van der Waals surface area contributed by atoms with Gasteiger partial charge in [-0.1, -0.05) is 6.07 Å². The van der Waals surface area contributed by atoms with Crippen LogP contribution in [-0.2, 0) is 9.53 Å². The first kappa shape index (κ1) is 14.9. The zero-order valence-corrected chi connectivity index (χ0v) is 11.5. The lowest BCUT2D eigenvalue weighted by Crippen LogP contribution is -2.17. The van der Waals surface area contributed by atoms with Crippen molar-refractivity contribution in [1.82, 2.24) is 0 Å². The van der Waals surface area contributed by atoms with Crippen LogP contribution in [0, 0.1) is 6.92 Å². The van der Waals surface area contributed by atoms with Crippen LogP contribution < -0.4 is 5.73 Å². The van der Waals surface area contributed by atoms with Gasteiger partial charge in [-0.15, -0.1) is 11.8 Å². The average molecular weight is 269 g/mol. The smallest absolute Gasteiger partial charge is 0.308 e. The molecular formula is C13H19NO3S. The normalized spacial score (nSPS) is 12.2. The Balaban J connectivity index is 2.44. The summed E-state index contributed by atoms with van der Waals surface area (Å²) in [5, 5.41) is 9.71. The first-order valence-corrected chi connectivity index (χ1v) is 6.84. The number of rotatable bonds is 6. The number of carbonyl (C=O) groups is 1. The Kier molecular flexibility index (Phi) is 6.01. The molecule has 0 heterocycles. The molecule has 18 heavy (non-hydrogen) atoms. The summed E-state index contributed by atoms with van der Waals surface area (Å²) >= 11 is 1.45. The summed E-state index contributed by atoms with van der Waals surface area (Å²) in [5.41, 5.74) is 7.64. The number of nitrogens with two attached hydrogens (primary N) is 1. The molecule has 0 aliphatic carbocycles. The monoisotopic (exact) mass is 269 g/mol. The Morgan fingerprint density at radius 1 is 1.56 bits per heavy atom. The number of aryl methyl sites for hydroxylation is 1. The van der Waals surface area contributed by atoms with Crippen molar-refractivity contribution in [3.05, 3.63) is 23.8 Å². The van der Waals surface area contributed by atoms with E-state index in [0.29, 0.717) is 18.0 Å².